The van der Waals surface area contributed by atoms with Gasteiger partial charge < -0.3 is 9.50 Å². The van der Waals surface area contributed by atoms with Crippen LogP contribution in [0.3, 0.4) is 0 Å². The molecular formula is C14H11Cl2NO4S. The Bertz CT molecular complexity index is 784. The molecule has 22 heavy (non-hydrogen) atoms. The van der Waals surface area contributed by atoms with Gasteiger partial charge in [0.25, 0.3) is 0 Å². The maximum Gasteiger partial charge on any atom is 0.339 e. The summed E-state index contributed by atoms with van der Waals surface area (Å²) in [6.07, 6.45) is 0. The first-order chi connectivity index (χ1) is 10.3. The third-order valence-corrected chi connectivity index (χ3v) is 4.41. The fourth-order valence-electron chi connectivity index (χ4n) is 1.63. The molecule has 8 heteroatoms. The van der Waals surface area contributed by atoms with Gasteiger partial charge in [-0.15, -0.1) is 0 Å². The number of anilines is 1. The molecule has 0 aliphatic heterocycles. The van der Waals surface area contributed by atoms with E-state index < -0.39 is 10.1 Å². The van der Waals surface area contributed by atoms with Crippen LogP contribution in [0, 0.1) is 0 Å². The van der Waals surface area contributed by atoms with Crippen LogP contribution in [0.1, 0.15) is 6.92 Å². The summed E-state index contributed by atoms with van der Waals surface area (Å²) in [7, 11) is -4.09. The molecule has 2 aromatic carbocycles. The van der Waals surface area contributed by atoms with Crippen molar-refractivity contribution in [3.05, 3.63) is 52.5 Å². The molecule has 2 rings (SSSR count). The number of amides is 1. The van der Waals surface area contributed by atoms with Crippen molar-refractivity contribution < 1.29 is 17.4 Å². The van der Waals surface area contributed by atoms with Crippen molar-refractivity contribution in [3.63, 3.8) is 0 Å². The first kappa shape index (κ1) is 16.6. The molecule has 2 aromatic rings. The molecule has 0 spiro atoms. The molecule has 0 saturated carbocycles. The van der Waals surface area contributed by atoms with Crippen LogP contribution in [-0.2, 0) is 14.9 Å². The Labute approximate surface area is 137 Å². The molecule has 0 saturated heterocycles. The van der Waals surface area contributed by atoms with Crippen molar-refractivity contribution in [2.75, 3.05) is 5.32 Å². The zero-order valence-electron chi connectivity index (χ0n) is 11.3. The normalized spacial score (nSPS) is 11.0. The number of para-hydroxylation sites is 1. The van der Waals surface area contributed by atoms with Gasteiger partial charge in [0.1, 0.15) is 4.90 Å². The van der Waals surface area contributed by atoms with Gasteiger partial charge in [0.05, 0.1) is 10.0 Å². The van der Waals surface area contributed by atoms with Crippen LogP contribution >= 0.6 is 23.2 Å². The monoisotopic (exact) mass is 359 g/mol. The third kappa shape index (κ3) is 3.91. The van der Waals surface area contributed by atoms with E-state index in [4.69, 9.17) is 27.4 Å². The number of hydrogen-bond donors (Lipinski definition) is 1. The summed E-state index contributed by atoms with van der Waals surface area (Å²) >= 11 is 11.8. The Morgan fingerprint density at radius 2 is 1.59 bits per heavy atom. The van der Waals surface area contributed by atoms with Crippen LogP contribution in [0.4, 0.5) is 5.69 Å². The average Bonchev–Trinajstić information content (AvgIpc) is 2.43. The second-order valence-corrected chi connectivity index (χ2v) is 6.65. The van der Waals surface area contributed by atoms with E-state index in [0.717, 1.165) is 0 Å². The van der Waals surface area contributed by atoms with Gasteiger partial charge in [-0.1, -0.05) is 29.3 Å². The predicted molar refractivity (Wildman–Crippen MR) is 85.0 cm³/mol. The number of rotatable bonds is 4. The van der Waals surface area contributed by atoms with Crippen LogP contribution in [0.2, 0.25) is 10.0 Å². The van der Waals surface area contributed by atoms with Crippen LogP contribution < -0.4 is 9.50 Å². The van der Waals surface area contributed by atoms with E-state index in [1.54, 1.807) is 6.07 Å². The molecule has 116 valence electrons. The van der Waals surface area contributed by atoms with Gasteiger partial charge in [0.2, 0.25) is 5.91 Å². The van der Waals surface area contributed by atoms with Gasteiger partial charge in [0.15, 0.2) is 5.75 Å². The summed E-state index contributed by atoms with van der Waals surface area (Å²) in [5, 5.41) is 2.71. The summed E-state index contributed by atoms with van der Waals surface area (Å²) in [4.78, 5) is 10.8. The molecule has 0 radical (unpaired) electrons. The number of nitrogens with one attached hydrogen (secondary N) is 1. The van der Waals surface area contributed by atoms with Crippen LogP contribution in [0.15, 0.2) is 47.4 Å². The summed E-state index contributed by atoms with van der Waals surface area (Å²) in [6.45, 7) is 1.35. The second kappa shape index (κ2) is 6.56. The fourth-order valence-corrected chi connectivity index (χ4v) is 3.16. The van der Waals surface area contributed by atoms with Gasteiger partial charge in [-0.05, 0) is 36.4 Å². The largest absolute Gasteiger partial charge is 0.376 e. The fraction of sp³-hybridized carbons (Fsp3) is 0.0714. The number of carbonyl (C=O) groups is 1. The molecule has 0 unspecified atom stereocenters. The standard InChI is InChI=1S/C14H11Cl2NO4S/c1-9(18)17-10-5-7-11(8-6-10)22(19,20)21-14-12(15)3-2-4-13(14)16/h2-8H,1H3,(H,17,18). The molecule has 0 atom stereocenters. The van der Waals surface area contributed by atoms with Crippen molar-refractivity contribution in [2.45, 2.75) is 11.8 Å². The Kier molecular flexibility index (Phi) is 4.95. The Morgan fingerprint density at radius 3 is 2.09 bits per heavy atom. The smallest absolute Gasteiger partial charge is 0.339 e. The first-order valence-electron chi connectivity index (χ1n) is 6.06. The molecule has 0 aliphatic rings. The summed E-state index contributed by atoms with van der Waals surface area (Å²) in [5.41, 5.74) is 0.474. The van der Waals surface area contributed by atoms with Gasteiger partial charge in [-0.25, -0.2) is 0 Å². The summed E-state index contributed by atoms with van der Waals surface area (Å²) < 4.78 is 29.4. The Balaban J connectivity index is 2.29. The lowest BCUT2D eigenvalue weighted by molar-refractivity contribution is -0.114. The number of carbonyl (C=O) groups excluding carboxylic acids is 1. The first-order valence-corrected chi connectivity index (χ1v) is 8.22. The quantitative estimate of drug-likeness (QED) is 0.844. The van der Waals surface area contributed by atoms with Crippen molar-refractivity contribution in [2.24, 2.45) is 0 Å². The van der Waals surface area contributed by atoms with E-state index in [1.807, 2.05) is 0 Å². The Hall–Kier alpha value is -1.76. The summed E-state index contributed by atoms with van der Waals surface area (Å²) in [6, 6.07) is 10.0. The molecule has 1 amide bonds. The average molecular weight is 360 g/mol. The minimum atomic E-state index is -4.09. The van der Waals surface area contributed by atoms with Crippen molar-refractivity contribution in [1.29, 1.82) is 0 Å². The number of hydrogen-bond acceptors (Lipinski definition) is 4. The lowest BCUT2D eigenvalue weighted by Crippen LogP contribution is -2.11. The zero-order chi connectivity index (χ0) is 16.3. The Morgan fingerprint density at radius 1 is 1.05 bits per heavy atom. The van der Waals surface area contributed by atoms with Gasteiger partial charge in [0, 0.05) is 12.6 Å². The molecule has 5 nitrogen and oxygen atoms in total. The highest BCUT2D eigenvalue weighted by molar-refractivity contribution is 7.87. The van der Waals surface area contributed by atoms with E-state index in [0.29, 0.717) is 5.69 Å². The lowest BCUT2D eigenvalue weighted by Gasteiger charge is -2.10. The SMILES string of the molecule is CC(=O)Nc1ccc(S(=O)(=O)Oc2c(Cl)cccc2Cl)cc1. The summed E-state index contributed by atoms with van der Waals surface area (Å²) in [5.74, 6) is -0.383. The minimum absolute atomic E-state index is 0.0856. The molecule has 0 fully saturated rings. The lowest BCUT2D eigenvalue weighted by atomic mass is 10.3. The minimum Gasteiger partial charge on any atom is -0.376 e. The zero-order valence-corrected chi connectivity index (χ0v) is 13.7. The molecule has 0 aromatic heterocycles. The topological polar surface area (TPSA) is 72.5 Å². The van der Waals surface area contributed by atoms with E-state index in [9.17, 15) is 13.2 Å². The maximum atomic E-state index is 12.2. The van der Waals surface area contributed by atoms with Gasteiger partial charge in [-0.2, -0.15) is 8.42 Å². The van der Waals surface area contributed by atoms with Crippen LogP contribution in [0.25, 0.3) is 0 Å². The van der Waals surface area contributed by atoms with Crippen LogP contribution in [0.5, 0.6) is 5.75 Å². The molecule has 1 N–H and O–H groups in total. The molecule has 0 heterocycles. The van der Waals surface area contributed by atoms with Crippen molar-refractivity contribution in [3.8, 4) is 5.75 Å². The van der Waals surface area contributed by atoms with E-state index in [2.05, 4.69) is 5.32 Å². The predicted octanol–water partition coefficient (Wildman–Crippen LogP) is 3.72. The van der Waals surface area contributed by atoms with E-state index in [-0.39, 0.29) is 26.6 Å². The van der Waals surface area contributed by atoms with Gasteiger partial charge in [-0.3, -0.25) is 4.79 Å². The van der Waals surface area contributed by atoms with Crippen molar-refractivity contribution >= 4 is 44.9 Å². The molecule has 0 aliphatic carbocycles. The van der Waals surface area contributed by atoms with Crippen LogP contribution in [-0.4, -0.2) is 14.3 Å². The maximum absolute atomic E-state index is 12.2. The molecule has 0 bridgehead atoms. The molecular weight excluding hydrogens is 349 g/mol. The van der Waals surface area contributed by atoms with Crippen molar-refractivity contribution in [1.82, 2.24) is 0 Å². The highest BCUT2D eigenvalue weighted by Gasteiger charge is 2.20. The second-order valence-electron chi connectivity index (χ2n) is 4.29. The van der Waals surface area contributed by atoms with E-state index in [1.165, 1.54) is 43.3 Å². The third-order valence-electron chi connectivity index (χ3n) is 2.58. The highest BCUT2D eigenvalue weighted by Crippen LogP contribution is 2.34. The van der Waals surface area contributed by atoms with Gasteiger partial charge >= 0.3 is 10.1 Å². The highest BCUT2D eigenvalue weighted by atomic mass is 35.5. The number of halogens is 2. The van der Waals surface area contributed by atoms with E-state index >= 15 is 0 Å². The number of benzene rings is 2.